The summed E-state index contributed by atoms with van der Waals surface area (Å²) in [6, 6.07) is 1.88. The highest BCUT2D eigenvalue weighted by Crippen LogP contribution is 2.33. The van der Waals surface area contributed by atoms with Gasteiger partial charge in [0.1, 0.15) is 5.75 Å². The number of carboxylic acid groups (broad SMARTS) is 1. The standard InChI is InChI=1S/C12H16O3S/c1-2-9-7-10(11(16-9)12(13)14)15-8-5-3-4-6-8/h7-8H,2-6H2,1H3,(H,13,14). The van der Waals surface area contributed by atoms with E-state index in [1.165, 1.54) is 24.2 Å². The van der Waals surface area contributed by atoms with Gasteiger partial charge in [-0.25, -0.2) is 4.79 Å². The molecular weight excluding hydrogens is 224 g/mol. The van der Waals surface area contributed by atoms with Gasteiger partial charge in [0.05, 0.1) is 6.10 Å². The highest BCUT2D eigenvalue weighted by molar-refractivity contribution is 7.14. The first-order chi connectivity index (χ1) is 7.70. The minimum atomic E-state index is -0.877. The molecule has 0 aliphatic heterocycles. The summed E-state index contributed by atoms with van der Waals surface area (Å²) in [6.45, 7) is 2.02. The zero-order valence-electron chi connectivity index (χ0n) is 9.36. The monoisotopic (exact) mass is 240 g/mol. The maximum atomic E-state index is 11.1. The molecule has 0 atom stereocenters. The van der Waals surface area contributed by atoms with Gasteiger partial charge in [0, 0.05) is 4.88 Å². The summed E-state index contributed by atoms with van der Waals surface area (Å²) in [5.74, 6) is -0.307. The molecule has 2 rings (SSSR count). The van der Waals surface area contributed by atoms with Gasteiger partial charge < -0.3 is 9.84 Å². The molecule has 0 bridgehead atoms. The third-order valence-electron chi connectivity index (χ3n) is 2.89. The third kappa shape index (κ3) is 2.38. The van der Waals surface area contributed by atoms with Gasteiger partial charge in [-0.05, 0) is 38.2 Å². The molecule has 1 aliphatic rings. The highest BCUT2D eigenvalue weighted by Gasteiger charge is 2.22. The van der Waals surface area contributed by atoms with E-state index in [-0.39, 0.29) is 6.10 Å². The van der Waals surface area contributed by atoms with Crippen molar-refractivity contribution in [2.45, 2.75) is 45.1 Å². The average molecular weight is 240 g/mol. The molecule has 3 nitrogen and oxygen atoms in total. The lowest BCUT2D eigenvalue weighted by atomic mass is 10.3. The van der Waals surface area contributed by atoms with Gasteiger partial charge in [-0.15, -0.1) is 11.3 Å². The van der Waals surface area contributed by atoms with Crippen LogP contribution in [0.5, 0.6) is 5.75 Å². The molecule has 1 saturated carbocycles. The van der Waals surface area contributed by atoms with Gasteiger partial charge in [0.15, 0.2) is 4.88 Å². The van der Waals surface area contributed by atoms with Gasteiger partial charge in [-0.2, -0.15) is 0 Å². The molecule has 0 amide bonds. The summed E-state index contributed by atoms with van der Waals surface area (Å²) in [4.78, 5) is 12.5. The molecule has 0 radical (unpaired) electrons. The average Bonchev–Trinajstić information content (AvgIpc) is 2.87. The molecule has 1 fully saturated rings. The van der Waals surface area contributed by atoms with Crippen LogP contribution in [0.3, 0.4) is 0 Å². The van der Waals surface area contributed by atoms with Crippen LogP contribution in [0.1, 0.15) is 47.2 Å². The molecule has 1 heterocycles. The zero-order valence-corrected chi connectivity index (χ0v) is 10.2. The highest BCUT2D eigenvalue weighted by atomic mass is 32.1. The number of carboxylic acids is 1. The van der Waals surface area contributed by atoms with Crippen molar-refractivity contribution in [2.75, 3.05) is 0 Å². The number of rotatable bonds is 4. The Morgan fingerprint density at radius 2 is 2.25 bits per heavy atom. The molecule has 4 heteroatoms. The van der Waals surface area contributed by atoms with Gasteiger partial charge in [0.25, 0.3) is 0 Å². The fraction of sp³-hybridized carbons (Fsp3) is 0.583. The molecule has 0 saturated heterocycles. The number of aryl methyl sites for hydroxylation is 1. The third-order valence-corrected chi connectivity index (χ3v) is 4.14. The van der Waals surface area contributed by atoms with Crippen molar-refractivity contribution in [1.29, 1.82) is 0 Å². The van der Waals surface area contributed by atoms with Crippen LogP contribution in [0.15, 0.2) is 6.07 Å². The van der Waals surface area contributed by atoms with E-state index in [9.17, 15) is 4.79 Å². The fourth-order valence-corrected chi connectivity index (χ4v) is 2.89. The molecular formula is C12H16O3S. The molecule has 1 aromatic heterocycles. The summed E-state index contributed by atoms with van der Waals surface area (Å²) in [6.07, 6.45) is 5.57. The van der Waals surface area contributed by atoms with Crippen molar-refractivity contribution in [3.05, 3.63) is 15.8 Å². The molecule has 0 spiro atoms. The Balaban J connectivity index is 2.17. The fourth-order valence-electron chi connectivity index (χ4n) is 2.02. The van der Waals surface area contributed by atoms with Crippen molar-refractivity contribution in [3.8, 4) is 5.75 Å². The van der Waals surface area contributed by atoms with Crippen LogP contribution in [0.4, 0.5) is 0 Å². The van der Waals surface area contributed by atoms with Crippen LogP contribution >= 0.6 is 11.3 Å². The topological polar surface area (TPSA) is 46.5 Å². The Labute approximate surface area is 99.1 Å². The Bertz CT molecular complexity index is 378. The van der Waals surface area contributed by atoms with Crippen LogP contribution in [-0.2, 0) is 6.42 Å². The van der Waals surface area contributed by atoms with Crippen molar-refractivity contribution in [2.24, 2.45) is 0 Å². The summed E-state index contributed by atoms with van der Waals surface area (Å²) < 4.78 is 5.78. The predicted molar refractivity (Wildman–Crippen MR) is 63.5 cm³/mol. The lowest BCUT2D eigenvalue weighted by molar-refractivity contribution is 0.0695. The van der Waals surface area contributed by atoms with E-state index in [4.69, 9.17) is 9.84 Å². The van der Waals surface area contributed by atoms with Crippen LogP contribution in [0.2, 0.25) is 0 Å². The zero-order chi connectivity index (χ0) is 11.5. The summed E-state index contributed by atoms with van der Waals surface area (Å²) in [7, 11) is 0. The van der Waals surface area contributed by atoms with E-state index in [1.807, 2.05) is 13.0 Å². The van der Waals surface area contributed by atoms with Crippen LogP contribution < -0.4 is 4.74 Å². The second-order valence-corrected chi connectivity index (χ2v) is 5.23. The first kappa shape index (κ1) is 11.5. The van der Waals surface area contributed by atoms with Gasteiger partial charge in [-0.3, -0.25) is 0 Å². The molecule has 0 unspecified atom stereocenters. The number of aromatic carboxylic acids is 1. The van der Waals surface area contributed by atoms with Gasteiger partial charge >= 0.3 is 5.97 Å². The molecule has 1 N–H and O–H groups in total. The molecule has 1 aromatic rings. The van der Waals surface area contributed by atoms with E-state index in [1.54, 1.807) is 0 Å². The lowest BCUT2D eigenvalue weighted by Gasteiger charge is -2.11. The Kier molecular flexibility index (Phi) is 3.49. The minimum absolute atomic E-state index is 0.220. The van der Waals surface area contributed by atoms with E-state index in [0.717, 1.165) is 24.1 Å². The van der Waals surface area contributed by atoms with E-state index in [2.05, 4.69) is 0 Å². The number of hydrogen-bond acceptors (Lipinski definition) is 3. The number of hydrogen-bond donors (Lipinski definition) is 1. The number of carbonyl (C=O) groups is 1. The second kappa shape index (κ2) is 4.87. The van der Waals surface area contributed by atoms with E-state index >= 15 is 0 Å². The lowest BCUT2D eigenvalue weighted by Crippen LogP contribution is -2.12. The van der Waals surface area contributed by atoms with Crippen molar-refractivity contribution in [1.82, 2.24) is 0 Å². The first-order valence-corrected chi connectivity index (χ1v) is 6.55. The second-order valence-electron chi connectivity index (χ2n) is 4.09. The van der Waals surface area contributed by atoms with E-state index in [0.29, 0.717) is 10.6 Å². The van der Waals surface area contributed by atoms with Crippen LogP contribution in [-0.4, -0.2) is 17.2 Å². The quantitative estimate of drug-likeness (QED) is 0.878. The minimum Gasteiger partial charge on any atom is -0.489 e. The largest absolute Gasteiger partial charge is 0.489 e. The maximum Gasteiger partial charge on any atom is 0.349 e. The SMILES string of the molecule is CCc1cc(OC2CCCC2)c(C(=O)O)s1. The molecule has 88 valence electrons. The van der Waals surface area contributed by atoms with Crippen molar-refractivity contribution in [3.63, 3.8) is 0 Å². The van der Waals surface area contributed by atoms with Gasteiger partial charge in [-0.1, -0.05) is 6.92 Å². The normalized spacial score (nSPS) is 16.6. The summed E-state index contributed by atoms with van der Waals surface area (Å²) in [5.41, 5.74) is 0. The van der Waals surface area contributed by atoms with Crippen LogP contribution in [0.25, 0.3) is 0 Å². The summed E-state index contributed by atoms with van der Waals surface area (Å²) in [5, 5.41) is 9.08. The maximum absolute atomic E-state index is 11.1. The Morgan fingerprint density at radius 1 is 1.56 bits per heavy atom. The smallest absolute Gasteiger partial charge is 0.349 e. The molecule has 0 aromatic carbocycles. The number of thiophene rings is 1. The van der Waals surface area contributed by atoms with Gasteiger partial charge in [0.2, 0.25) is 0 Å². The number of ether oxygens (including phenoxy) is 1. The molecule has 16 heavy (non-hydrogen) atoms. The summed E-state index contributed by atoms with van der Waals surface area (Å²) >= 11 is 1.33. The first-order valence-electron chi connectivity index (χ1n) is 5.73. The van der Waals surface area contributed by atoms with E-state index < -0.39 is 5.97 Å². The van der Waals surface area contributed by atoms with Crippen molar-refractivity contribution < 1.29 is 14.6 Å². The van der Waals surface area contributed by atoms with Crippen LogP contribution in [0, 0.1) is 0 Å². The molecule has 1 aliphatic carbocycles. The Morgan fingerprint density at radius 3 is 2.81 bits per heavy atom. The predicted octanol–water partition coefficient (Wildman–Crippen LogP) is 3.33. The van der Waals surface area contributed by atoms with Crippen molar-refractivity contribution >= 4 is 17.3 Å². The Hall–Kier alpha value is -1.03.